The van der Waals surface area contributed by atoms with Crippen molar-refractivity contribution in [1.82, 2.24) is 4.98 Å². The molecule has 1 aromatic heterocycles. The molecule has 0 N–H and O–H groups in total. The molecule has 0 amide bonds. The van der Waals surface area contributed by atoms with Gasteiger partial charge in [-0.25, -0.2) is 9.78 Å². The lowest BCUT2D eigenvalue weighted by Gasteiger charge is -1.97. The van der Waals surface area contributed by atoms with Gasteiger partial charge in [0.25, 0.3) is 0 Å². The number of carbonyl (C=O) groups is 2. The van der Waals surface area contributed by atoms with Gasteiger partial charge in [-0.3, -0.25) is 0 Å². The van der Waals surface area contributed by atoms with E-state index in [4.69, 9.17) is 4.74 Å². The minimum atomic E-state index is -0.340. The molecule has 5 heteroatoms. The summed E-state index contributed by atoms with van der Waals surface area (Å²) in [4.78, 5) is 26.3. The molecule has 16 heavy (non-hydrogen) atoms. The molecule has 0 aromatic carbocycles. The van der Waals surface area contributed by atoms with E-state index in [9.17, 15) is 9.59 Å². The summed E-state index contributed by atoms with van der Waals surface area (Å²) in [7, 11) is 0. The largest absolute Gasteiger partial charge is 0.462 e. The number of hydrogen-bond donors (Lipinski definition) is 0. The SMILES string of the molecule is CCOC(=O)c1sc(C=CCC=O)nc1C. The van der Waals surface area contributed by atoms with E-state index >= 15 is 0 Å². The number of hydrogen-bond acceptors (Lipinski definition) is 5. The fourth-order valence-corrected chi connectivity index (χ4v) is 1.99. The Morgan fingerprint density at radius 2 is 2.31 bits per heavy atom. The van der Waals surface area contributed by atoms with Gasteiger partial charge in [0.15, 0.2) is 0 Å². The minimum Gasteiger partial charge on any atom is -0.462 e. The lowest BCUT2D eigenvalue weighted by molar-refractivity contribution is -0.107. The number of allylic oxidation sites excluding steroid dienone is 1. The Hall–Kier alpha value is -1.49. The molecule has 1 heterocycles. The number of aromatic nitrogens is 1. The van der Waals surface area contributed by atoms with Gasteiger partial charge in [-0.1, -0.05) is 6.08 Å². The van der Waals surface area contributed by atoms with Gasteiger partial charge in [0.1, 0.15) is 16.2 Å². The van der Waals surface area contributed by atoms with Crippen molar-refractivity contribution in [2.45, 2.75) is 20.3 Å². The van der Waals surface area contributed by atoms with Crippen LogP contribution >= 0.6 is 11.3 Å². The number of aldehydes is 1. The maximum absolute atomic E-state index is 11.5. The number of carbonyl (C=O) groups excluding carboxylic acids is 2. The first-order valence-electron chi connectivity index (χ1n) is 4.93. The number of thiazole rings is 1. The van der Waals surface area contributed by atoms with E-state index in [-0.39, 0.29) is 5.97 Å². The van der Waals surface area contributed by atoms with Crippen LogP contribution in [0.4, 0.5) is 0 Å². The molecule has 0 aliphatic heterocycles. The highest BCUT2D eigenvalue weighted by molar-refractivity contribution is 7.14. The van der Waals surface area contributed by atoms with Crippen LogP contribution in [0.1, 0.15) is 33.7 Å². The zero-order valence-electron chi connectivity index (χ0n) is 9.23. The number of nitrogens with zero attached hydrogens (tertiary/aromatic N) is 1. The molecule has 0 saturated heterocycles. The van der Waals surface area contributed by atoms with Gasteiger partial charge in [0.05, 0.1) is 12.3 Å². The third kappa shape index (κ3) is 3.27. The molecular formula is C11H13NO3S. The number of ether oxygens (including phenoxy) is 1. The first kappa shape index (κ1) is 12.6. The molecule has 86 valence electrons. The predicted molar refractivity (Wildman–Crippen MR) is 62.5 cm³/mol. The Bertz CT molecular complexity index is 409. The maximum atomic E-state index is 11.5. The number of rotatable bonds is 5. The average molecular weight is 239 g/mol. The van der Waals surface area contributed by atoms with Crippen LogP contribution < -0.4 is 0 Å². The van der Waals surface area contributed by atoms with E-state index in [1.54, 1.807) is 26.0 Å². The summed E-state index contributed by atoms with van der Waals surface area (Å²) in [5, 5.41) is 0.711. The van der Waals surface area contributed by atoms with E-state index in [1.807, 2.05) is 0 Å². The second kappa shape index (κ2) is 6.17. The topological polar surface area (TPSA) is 56.3 Å². The molecule has 0 saturated carbocycles. The Labute approximate surface area is 98.0 Å². The zero-order valence-corrected chi connectivity index (χ0v) is 10.0. The molecule has 0 radical (unpaired) electrons. The van der Waals surface area contributed by atoms with Crippen LogP contribution in [0, 0.1) is 6.92 Å². The smallest absolute Gasteiger partial charge is 0.350 e. The normalized spacial score (nSPS) is 10.6. The molecule has 0 fully saturated rings. The molecule has 0 bridgehead atoms. The molecule has 4 nitrogen and oxygen atoms in total. The molecule has 0 aliphatic carbocycles. The van der Waals surface area contributed by atoms with Crippen LogP contribution in [0.5, 0.6) is 0 Å². The Kier molecular flexibility index (Phi) is 4.85. The maximum Gasteiger partial charge on any atom is 0.350 e. The first-order valence-corrected chi connectivity index (χ1v) is 5.75. The standard InChI is InChI=1S/C11H13NO3S/c1-3-15-11(14)10-8(2)12-9(16-10)6-4-5-7-13/h4,6-7H,3,5H2,1-2H3. The molecular weight excluding hydrogens is 226 g/mol. The van der Waals surface area contributed by atoms with E-state index < -0.39 is 0 Å². The lowest BCUT2D eigenvalue weighted by atomic mass is 10.4. The monoisotopic (exact) mass is 239 g/mol. The van der Waals surface area contributed by atoms with E-state index in [0.29, 0.717) is 28.6 Å². The summed E-state index contributed by atoms with van der Waals surface area (Å²) < 4.78 is 4.90. The van der Waals surface area contributed by atoms with Gasteiger partial charge in [0, 0.05) is 6.42 Å². The zero-order chi connectivity index (χ0) is 12.0. The summed E-state index contributed by atoms with van der Waals surface area (Å²) in [6.45, 7) is 3.88. The van der Waals surface area contributed by atoms with Crippen molar-refractivity contribution in [3.05, 3.63) is 21.7 Å². The molecule has 1 rings (SSSR count). The highest BCUT2D eigenvalue weighted by Gasteiger charge is 2.14. The van der Waals surface area contributed by atoms with Crippen molar-refractivity contribution in [2.75, 3.05) is 6.61 Å². The highest BCUT2D eigenvalue weighted by atomic mass is 32.1. The summed E-state index contributed by atoms with van der Waals surface area (Å²) >= 11 is 1.27. The van der Waals surface area contributed by atoms with Gasteiger partial charge in [-0.2, -0.15) is 0 Å². The third-order valence-electron chi connectivity index (χ3n) is 1.77. The fourth-order valence-electron chi connectivity index (χ4n) is 1.10. The Morgan fingerprint density at radius 3 is 2.94 bits per heavy atom. The van der Waals surface area contributed by atoms with Crippen LogP contribution in [0.25, 0.3) is 6.08 Å². The quantitative estimate of drug-likeness (QED) is 0.584. The summed E-state index contributed by atoms with van der Waals surface area (Å²) in [6, 6.07) is 0. The Morgan fingerprint density at radius 1 is 1.56 bits per heavy atom. The van der Waals surface area contributed by atoms with Gasteiger partial charge < -0.3 is 9.53 Å². The molecule has 1 aromatic rings. The van der Waals surface area contributed by atoms with Gasteiger partial charge in [0.2, 0.25) is 0 Å². The first-order chi connectivity index (χ1) is 7.69. The van der Waals surface area contributed by atoms with Crippen molar-refractivity contribution < 1.29 is 14.3 Å². The molecule has 0 aliphatic rings. The fraction of sp³-hybridized carbons (Fsp3) is 0.364. The van der Waals surface area contributed by atoms with Crippen LogP contribution in [0.3, 0.4) is 0 Å². The van der Waals surface area contributed by atoms with Gasteiger partial charge >= 0.3 is 5.97 Å². The van der Waals surface area contributed by atoms with Crippen molar-refractivity contribution in [3.63, 3.8) is 0 Å². The molecule has 0 atom stereocenters. The molecule has 0 spiro atoms. The van der Waals surface area contributed by atoms with Crippen molar-refractivity contribution in [1.29, 1.82) is 0 Å². The molecule has 0 unspecified atom stereocenters. The summed E-state index contributed by atoms with van der Waals surface area (Å²) in [6.07, 6.45) is 4.60. The van der Waals surface area contributed by atoms with Gasteiger partial charge in [-0.05, 0) is 19.9 Å². The number of aryl methyl sites for hydroxylation is 1. The Balaban J connectivity index is 2.81. The van der Waals surface area contributed by atoms with Crippen molar-refractivity contribution in [3.8, 4) is 0 Å². The predicted octanol–water partition coefficient (Wildman–Crippen LogP) is 2.23. The third-order valence-corrected chi connectivity index (χ3v) is 2.87. The van der Waals surface area contributed by atoms with Crippen LogP contribution in [-0.4, -0.2) is 23.8 Å². The van der Waals surface area contributed by atoms with Gasteiger partial charge in [-0.15, -0.1) is 11.3 Å². The average Bonchev–Trinajstić information content (AvgIpc) is 2.61. The summed E-state index contributed by atoms with van der Waals surface area (Å²) in [5.41, 5.74) is 0.661. The van der Waals surface area contributed by atoms with Crippen molar-refractivity contribution >= 4 is 29.7 Å². The second-order valence-electron chi connectivity index (χ2n) is 2.99. The van der Waals surface area contributed by atoms with Crippen LogP contribution in [-0.2, 0) is 9.53 Å². The summed E-state index contributed by atoms with van der Waals surface area (Å²) in [5.74, 6) is -0.340. The van der Waals surface area contributed by atoms with Crippen LogP contribution in [0.2, 0.25) is 0 Å². The van der Waals surface area contributed by atoms with E-state index in [0.717, 1.165) is 6.29 Å². The van der Waals surface area contributed by atoms with Crippen molar-refractivity contribution in [2.24, 2.45) is 0 Å². The lowest BCUT2D eigenvalue weighted by Crippen LogP contribution is -2.03. The highest BCUT2D eigenvalue weighted by Crippen LogP contribution is 2.20. The van der Waals surface area contributed by atoms with Crippen LogP contribution in [0.15, 0.2) is 6.08 Å². The second-order valence-corrected chi connectivity index (χ2v) is 4.02. The van der Waals surface area contributed by atoms with E-state index in [2.05, 4.69) is 4.98 Å². The minimum absolute atomic E-state index is 0.340. The van der Waals surface area contributed by atoms with E-state index in [1.165, 1.54) is 11.3 Å². The number of esters is 1.